The number of carbonyl (C=O) groups excluding carboxylic acids is 1. The molecule has 6 heteroatoms. The van der Waals surface area contributed by atoms with Gasteiger partial charge in [-0.05, 0) is 38.0 Å². The second kappa shape index (κ2) is 5.63. The largest absolute Gasteiger partial charge is 0.480 e. The smallest absolute Gasteiger partial charge is 0.410 e. The van der Waals surface area contributed by atoms with Crippen molar-refractivity contribution in [1.29, 1.82) is 0 Å². The second-order valence-electron chi connectivity index (χ2n) is 6.03. The van der Waals surface area contributed by atoms with E-state index in [0.717, 1.165) is 16.8 Å². The van der Waals surface area contributed by atoms with Crippen molar-refractivity contribution in [2.75, 3.05) is 11.9 Å². The number of benzene rings is 1. The first kappa shape index (κ1) is 15.2. The number of aliphatic carboxylic acids is 1. The van der Waals surface area contributed by atoms with E-state index in [1.807, 2.05) is 39.0 Å². The fourth-order valence-corrected chi connectivity index (χ4v) is 2.21. The van der Waals surface area contributed by atoms with Crippen LogP contribution in [0.1, 0.15) is 31.9 Å². The molecule has 0 fully saturated rings. The van der Waals surface area contributed by atoms with Crippen molar-refractivity contribution in [3.63, 3.8) is 0 Å². The number of carboxylic acid groups (broad SMARTS) is 1. The summed E-state index contributed by atoms with van der Waals surface area (Å²) in [6.45, 7) is 6.23. The van der Waals surface area contributed by atoms with E-state index < -0.39 is 11.6 Å². The topological polar surface area (TPSA) is 78.9 Å². The van der Waals surface area contributed by atoms with Crippen molar-refractivity contribution in [3.05, 3.63) is 29.3 Å². The van der Waals surface area contributed by atoms with Gasteiger partial charge in [-0.3, -0.25) is 9.69 Å². The molecule has 0 aromatic heterocycles. The fourth-order valence-electron chi connectivity index (χ4n) is 2.21. The summed E-state index contributed by atoms with van der Waals surface area (Å²) in [5.41, 5.74) is 2.18. The van der Waals surface area contributed by atoms with Crippen LogP contribution in [0.4, 0.5) is 10.5 Å². The third-order valence-corrected chi connectivity index (χ3v) is 3.06. The second-order valence-corrected chi connectivity index (χ2v) is 6.03. The predicted octanol–water partition coefficient (Wildman–Crippen LogP) is 2.43. The molecule has 0 atom stereocenters. The first-order valence-electron chi connectivity index (χ1n) is 6.80. The molecule has 1 aromatic rings. The summed E-state index contributed by atoms with van der Waals surface area (Å²) in [6, 6.07) is 5.60. The predicted molar refractivity (Wildman–Crippen MR) is 78.0 cm³/mol. The molecule has 0 unspecified atom stereocenters. The normalized spacial score (nSPS) is 13.8. The zero-order valence-electron chi connectivity index (χ0n) is 12.5. The number of anilines is 1. The molecule has 2 N–H and O–H groups in total. The first-order valence-corrected chi connectivity index (χ1v) is 6.80. The van der Waals surface area contributed by atoms with E-state index in [2.05, 4.69) is 5.32 Å². The lowest BCUT2D eigenvalue weighted by atomic mass is 10.1. The van der Waals surface area contributed by atoms with E-state index in [4.69, 9.17) is 9.84 Å². The van der Waals surface area contributed by atoms with Gasteiger partial charge < -0.3 is 15.2 Å². The van der Waals surface area contributed by atoms with Crippen molar-refractivity contribution in [2.45, 2.75) is 39.5 Å². The Bertz CT molecular complexity index is 563. The summed E-state index contributed by atoms with van der Waals surface area (Å²) in [5, 5.41) is 11.6. The Morgan fingerprint density at radius 2 is 2.05 bits per heavy atom. The third-order valence-electron chi connectivity index (χ3n) is 3.06. The Morgan fingerprint density at radius 3 is 2.67 bits per heavy atom. The monoisotopic (exact) mass is 292 g/mol. The van der Waals surface area contributed by atoms with E-state index in [0.29, 0.717) is 13.1 Å². The molecule has 0 saturated heterocycles. The molecule has 1 heterocycles. The molecule has 114 valence electrons. The molecule has 0 aliphatic carbocycles. The van der Waals surface area contributed by atoms with Crippen molar-refractivity contribution in [3.8, 4) is 0 Å². The number of carbonyl (C=O) groups is 2. The Hall–Kier alpha value is -2.24. The van der Waals surface area contributed by atoms with Gasteiger partial charge >= 0.3 is 12.1 Å². The van der Waals surface area contributed by atoms with E-state index in [-0.39, 0.29) is 12.6 Å². The molecular weight excluding hydrogens is 272 g/mol. The Balaban J connectivity index is 2.10. The molecule has 1 aromatic carbocycles. The molecule has 1 amide bonds. The third kappa shape index (κ3) is 3.87. The maximum Gasteiger partial charge on any atom is 0.410 e. The van der Waals surface area contributed by atoms with Gasteiger partial charge in [0.25, 0.3) is 0 Å². The van der Waals surface area contributed by atoms with Crippen molar-refractivity contribution in [1.82, 2.24) is 4.90 Å². The summed E-state index contributed by atoms with van der Waals surface area (Å²) in [6.07, 6.45) is -0.358. The van der Waals surface area contributed by atoms with Crippen molar-refractivity contribution >= 4 is 17.7 Å². The van der Waals surface area contributed by atoms with Crippen LogP contribution in [0.3, 0.4) is 0 Å². The van der Waals surface area contributed by atoms with Gasteiger partial charge in [-0.2, -0.15) is 0 Å². The molecule has 6 nitrogen and oxygen atoms in total. The minimum atomic E-state index is -0.922. The van der Waals surface area contributed by atoms with E-state index in [9.17, 15) is 9.59 Å². The van der Waals surface area contributed by atoms with Crippen LogP contribution in [0.2, 0.25) is 0 Å². The van der Waals surface area contributed by atoms with Crippen LogP contribution in [-0.2, 0) is 22.6 Å². The van der Waals surface area contributed by atoms with Crippen LogP contribution in [0, 0.1) is 0 Å². The van der Waals surface area contributed by atoms with Crippen LogP contribution in [0.15, 0.2) is 18.2 Å². The summed E-state index contributed by atoms with van der Waals surface area (Å²) >= 11 is 0. The van der Waals surface area contributed by atoms with Gasteiger partial charge in [-0.1, -0.05) is 12.1 Å². The zero-order valence-corrected chi connectivity index (χ0v) is 12.5. The van der Waals surface area contributed by atoms with Crippen LogP contribution in [0.25, 0.3) is 0 Å². The average Bonchev–Trinajstić information content (AvgIpc) is 2.78. The molecule has 1 aliphatic rings. The zero-order chi connectivity index (χ0) is 15.6. The van der Waals surface area contributed by atoms with Gasteiger partial charge in [0, 0.05) is 12.2 Å². The summed E-state index contributed by atoms with van der Waals surface area (Å²) in [4.78, 5) is 24.4. The highest BCUT2D eigenvalue weighted by atomic mass is 16.6. The molecule has 2 rings (SSSR count). The van der Waals surface area contributed by atoms with E-state index in [1.54, 1.807) is 4.90 Å². The summed E-state index contributed by atoms with van der Waals surface area (Å²) in [5.74, 6) is -0.922. The minimum Gasteiger partial charge on any atom is -0.480 e. The average molecular weight is 292 g/mol. The van der Waals surface area contributed by atoms with Crippen molar-refractivity contribution < 1.29 is 19.4 Å². The lowest BCUT2D eigenvalue weighted by molar-refractivity contribution is -0.134. The molecule has 0 bridgehead atoms. The van der Waals surface area contributed by atoms with Gasteiger partial charge in [-0.15, -0.1) is 0 Å². The van der Waals surface area contributed by atoms with Crippen LogP contribution >= 0.6 is 0 Å². The number of nitrogens with zero attached hydrogens (tertiary/aromatic N) is 1. The molecule has 0 spiro atoms. The number of ether oxygens (including phenoxy) is 1. The lowest BCUT2D eigenvalue weighted by Crippen LogP contribution is -2.33. The van der Waals surface area contributed by atoms with Crippen molar-refractivity contribution in [2.24, 2.45) is 0 Å². The number of hydrogen-bond acceptors (Lipinski definition) is 4. The standard InChI is InChI=1S/C15H20N2O4/c1-15(2,3)21-14(20)17-8-10-5-4-6-12(11(10)9-17)16-7-13(18)19/h4-6,16H,7-9H2,1-3H3,(H,18,19). The fraction of sp³-hybridized carbons (Fsp3) is 0.467. The molecule has 1 aliphatic heterocycles. The Morgan fingerprint density at radius 1 is 1.33 bits per heavy atom. The molecule has 0 saturated carbocycles. The van der Waals surface area contributed by atoms with Crippen LogP contribution in [-0.4, -0.2) is 34.2 Å². The number of amides is 1. The summed E-state index contributed by atoms with van der Waals surface area (Å²) in [7, 11) is 0. The number of fused-ring (bicyclic) bond motifs is 1. The van der Waals surface area contributed by atoms with Gasteiger partial charge in [0.05, 0.1) is 6.54 Å². The SMILES string of the molecule is CC(C)(C)OC(=O)N1Cc2cccc(NCC(=O)O)c2C1. The van der Waals surface area contributed by atoms with Crippen LogP contribution in [0.5, 0.6) is 0 Å². The van der Waals surface area contributed by atoms with E-state index >= 15 is 0 Å². The number of rotatable bonds is 3. The number of nitrogens with one attached hydrogen (secondary N) is 1. The quantitative estimate of drug-likeness (QED) is 0.894. The molecule has 0 radical (unpaired) electrons. The van der Waals surface area contributed by atoms with Crippen LogP contribution < -0.4 is 5.32 Å². The van der Waals surface area contributed by atoms with Gasteiger partial charge in [0.15, 0.2) is 0 Å². The molecule has 21 heavy (non-hydrogen) atoms. The highest BCUT2D eigenvalue weighted by Crippen LogP contribution is 2.30. The van der Waals surface area contributed by atoms with Gasteiger partial charge in [0.2, 0.25) is 0 Å². The Kier molecular flexibility index (Phi) is 4.06. The lowest BCUT2D eigenvalue weighted by Gasteiger charge is -2.24. The summed E-state index contributed by atoms with van der Waals surface area (Å²) < 4.78 is 5.36. The molecular formula is C15H20N2O4. The minimum absolute atomic E-state index is 0.150. The Labute approximate surface area is 123 Å². The number of carboxylic acids is 1. The van der Waals surface area contributed by atoms with E-state index in [1.165, 1.54) is 0 Å². The van der Waals surface area contributed by atoms with Gasteiger partial charge in [0.1, 0.15) is 12.1 Å². The maximum absolute atomic E-state index is 12.1. The maximum atomic E-state index is 12.1. The highest BCUT2D eigenvalue weighted by molar-refractivity contribution is 5.75. The number of hydrogen-bond donors (Lipinski definition) is 2. The van der Waals surface area contributed by atoms with Gasteiger partial charge in [-0.25, -0.2) is 4.79 Å². The first-order chi connectivity index (χ1) is 9.76. The highest BCUT2D eigenvalue weighted by Gasteiger charge is 2.29.